The molecule has 0 rings (SSSR count). The predicted octanol–water partition coefficient (Wildman–Crippen LogP) is 5.43. The lowest BCUT2D eigenvalue weighted by atomic mass is 10.1. The highest BCUT2D eigenvalue weighted by Gasteiger charge is 2.00. The fourth-order valence-electron chi connectivity index (χ4n) is 2.04. The van der Waals surface area contributed by atoms with E-state index in [-0.39, 0.29) is 11.9 Å². The summed E-state index contributed by atoms with van der Waals surface area (Å²) in [5.41, 5.74) is 0. The molecule has 0 atom stereocenters. The van der Waals surface area contributed by atoms with Gasteiger partial charge in [-0.2, -0.15) is 0 Å². The van der Waals surface area contributed by atoms with E-state index in [4.69, 9.17) is 9.47 Å². The lowest BCUT2D eigenvalue weighted by Gasteiger charge is -2.00. The molecule has 0 aliphatic rings. The fraction of sp³-hybridized carbons (Fsp3) is 0.895. The topological polar surface area (TPSA) is 52.6 Å². The van der Waals surface area contributed by atoms with Gasteiger partial charge in [0.15, 0.2) is 0 Å². The van der Waals surface area contributed by atoms with Crippen LogP contribution in [-0.2, 0) is 19.1 Å². The van der Waals surface area contributed by atoms with E-state index in [1.807, 2.05) is 13.8 Å². The zero-order valence-corrected chi connectivity index (χ0v) is 15.8. The monoisotopic (exact) mass is 330 g/mol. The van der Waals surface area contributed by atoms with Crippen molar-refractivity contribution in [2.45, 2.75) is 98.3 Å². The molecule has 0 N–H and O–H groups in total. The number of ether oxygens (including phenoxy) is 2. The minimum Gasteiger partial charge on any atom is -0.466 e. The Balaban J connectivity index is 0. The molecule has 0 aliphatic carbocycles. The summed E-state index contributed by atoms with van der Waals surface area (Å²) >= 11 is 0. The van der Waals surface area contributed by atoms with E-state index < -0.39 is 0 Å². The Morgan fingerprint density at radius 1 is 0.565 bits per heavy atom. The van der Waals surface area contributed by atoms with Crippen LogP contribution in [0.3, 0.4) is 0 Å². The molecule has 0 aliphatic heterocycles. The Hall–Kier alpha value is -1.06. The largest absolute Gasteiger partial charge is 0.466 e. The van der Waals surface area contributed by atoms with Gasteiger partial charge in [-0.15, -0.1) is 0 Å². The molecule has 0 saturated heterocycles. The standard InChI is InChI=1S/C10H20O2.C9H18O2/c1-3-5-6-7-8-9-10(11)12-4-2;1-3-5-6-7-8-9(10)11-4-2/h3-9H2,1-2H3;3-8H2,1-2H3. The van der Waals surface area contributed by atoms with Gasteiger partial charge in [0.05, 0.1) is 13.2 Å². The maximum Gasteiger partial charge on any atom is 0.305 e. The number of hydrogen-bond donors (Lipinski definition) is 0. The van der Waals surface area contributed by atoms with E-state index >= 15 is 0 Å². The van der Waals surface area contributed by atoms with Crippen LogP contribution in [0.1, 0.15) is 98.3 Å². The Labute approximate surface area is 143 Å². The third kappa shape index (κ3) is 23.3. The first kappa shape index (κ1) is 24.2. The third-order valence-corrected chi connectivity index (χ3v) is 3.33. The van der Waals surface area contributed by atoms with Crippen molar-refractivity contribution in [1.82, 2.24) is 0 Å². The molecular weight excluding hydrogens is 292 g/mol. The third-order valence-electron chi connectivity index (χ3n) is 3.33. The van der Waals surface area contributed by atoms with Crippen LogP contribution in [0, 0.1) is 0 Å². The van der Waals surface area contributed by atoms with Gasteiger partial charge in [0.2, 0.25) is 0 Å². The highest BCUT2D eigenvalue weighted by Crippen LogP contribution is 2.05. The Kier molecular flexibility index (Phi) is 22.0. The molecule has 0 aromatic carbocycles. The summed E-state index contributed by atoms with van der Waals surface area (Å²) in [4.78, 5) is 21.6. The summed E-state index contributed by atoms with van der Waals surface area (Å²) in [7, 11) is 0. The molecule has 0 unspecified atom stereocenters. The summed E-state index contributed by atoms with van der Waals surface area (Å²) in [6.07, 6.45) is 11.7. The molecule has 138 valence electrons. The van der Waals surface area contributed by atoms with Crippen molar-refractivity contribution >= 4 is 11.9 Å². The second kappa shape index (κ2) is 20.9. The smallest absolute Gasteiger partial charge is 0.305 e. The second-order valence-corrected chi connectivity index (χ2v) is 5.58. The highest BCUT2D eigenvalue weighted by molar-refractivity contribution is 5.69. The summed E-state index contributed by atoms with van der Waals surface area (Å²) in [6, 6.07) is 0. The maximum atomic E-state index is 10.9. The van der Waals surface area contributed by atoms with Crippen LogP contribution in [0.4, 0.5) is 0 Å². The van der Waals surface area contributed by atoms with Crippen LogP contribution >= 0.6 is 0 Å². The normalized spacial score (nSPS) is 9.74. The van der Waals surface area contributed by atoms with Crippen LogP contribution < -0.4 is 0 Å². The van der Waals surface area contributed by atoms with Crippen LogP contribution in [0.2, 0.25) is 0 Å². The van der Waals surface area contributed by atoms with Gasteiger partial charge in [0, 0.05) is 12.8 Å². The Bertz CT molecular complexity index is 264. The first-order valence-corrected chi connectivity index (χ1v) is 9.43. The Morgan fingerprint density at radius 3 is 1.26 bits per heavy atom. The second-order valence-electron chi connectivity index (χ2n) is 5.58. The van der Waals surface area contributed by atoms with E-state index in [1.54, 1.807) is 0 Å². The van der Waals surface area contributed by atoms with Gasteiger partial charge in [0.25, 0.3) is 0 Å². The van der Waals surface area contributed by atoms with Gasteiger partial charge < -0.3 is 9.47 Å². The first-order valence-electron chi connectivity index (χ1n) is 9.43. The number of unbranched alkanes of at least 4 members (excludes halogenated alkanes) is 7. The van der Waals surface area contributed by atoms with Gasteiger partial charge in [-0.05, 0) is 26.7 Å². The van der Waals surface area contributed by atoms with E-state index in [9.17, 15) is 9.59 Å². The molecule has 4 heteroatoms. The molecular formula is C19H38O4. The molecule has 0 fully saturated rings. The number of carbonyl (C=O) groups excluding carboxylic acids is 2. The predicted molar refractivity (Wildman–Crippen MR) is 95.4 cm³/mol. The van der Waals surface area contributed by atoms with Crippen LogP contribution in [0.15, 0.2) is 0 Å². The molecule has 0 aromatic heterocycles. The number of esters is 2. The Morgan fingerprint density at radius 2 is 0.913 bits per heavy atom. The number of carbonyl (C=O) groups is 2. The first-order chi connectivity index (χ1) is 11.1. The van der Waals surface area contributed by atoms with Crippen molar-refractivity contribution in [3.63, 3.8) is 0 Å². The summed E-state index contributed by atoms with van der Waals surface area (Å²) in [6.45, 7) is 9.04. The average molecular weight is 331 g/mol. The van der Waals surface area contributed by atoms with E-state index in [0.29, 0.717) is 26.1 Å². The number of hydrogen-bond acceptors (Lipinski definition) is 4. The highest BCUT2D eigenvalue weighted by atomic mass is 16.5. The van der Waals surface area contributed by atoms with Gasteiger partial charge in [0.1, 0.15) is 0 Å². The summed E-state index contributed by atoms with van der Waals surface area (Å²) in [5.74, 6) is -0.0994. The minimum absolute atomic E-state index is 0.0472. The van der Waals surface area contributed by atoms with Crippen molar-refractivity contribution < 1.29 is 19.1 Å². The van der Waals surface area contributed by atoms with Crippen LogP contribution in [-0.4, -0.2) is 25.2 Å². The van der Waals surface area contributed by atoms with E-state index in [1.165, 1.54) is 32.1 Å². The quantitative estimate of drug-likeness (QED) is 0.334. The van der Waals surface area contributed by atoms with Crippen LogP contribution in [0.5, 0.6) is 0 Å². The van der Waals surface area contributed by atoms with Crippen molar-refractivity contribution in [2.24, 2.45) is 0 Å². The molecule has 0 aromatic rings. The lowest BCUT2D eigenvalue weighted by Crippen LogP contribution is -2.02. The van der Waals surface area contributed by atoms with Gasteiger partial charge in [-0.3, -0.25) is 9.59 Å². The van der Waals surface area contributed by atoms with Crippen LogP contribution in [0.25, 0.3) is 0 Å². The molecule has 4 nitrogen and oxygen atoms in total. The SMILES string of the molecule is CCCCCCC(=O)OCC.CCCCCCCC(=O)OCC. The molecule has 0 bridgehead atoms. The minimum atomic E-state index is -0.0522. The molecule has 0 amide bonds. The van der Waals surface area contributed by atoms with Crippen molar-refractivity contribution in [2.75, 3.05) is 13.2 Å². The molecule has 0 heterocycles. The van der Waals surface area contributed by atoms with Crippen molar-refractivity contribution in [1.29, 1.82) is 0 Å². The molecule has 0 saturated carbocycles. The van der Waals surface area contributed by atoms with Gasteiger partial charge in [-0.25, -0.2) is 0 Å². The molecule has 0 spiro atoms. The summed E-state index contributed by atoms with van der Waals surface area (Å²) < 4.78 is 9.59. The average Bonchev–Trinajstić information content (AvgIpc) is 2.53. The van der Waals surface area contributed by atoms with Crippen molar-refractivity contribution in [3.8, 4) is 0 Å². The maximum absolute atomic E-state index is 10.9. The molecule has 0 radical (unpaired) electrons. The van der Waals surface area contributed by atoms with E-state index in [0.717, 1.165) is 25.7 Å². The van der Waals surface area contributed by atoms with E-state index in [2.05, 4.69) is 13.8 Å². The number of rotatable bonds is 13. The zero-order chi connectivity index (χ0) is 17.8. The summed E-state index contributed by atoms with van der Waals surface area (Å²) in [5, 5.41) is 0. The molecule has 23 heavy (non-hydrogen) atoms. The van der Waals surface area contributed by atoms with Crippen molar-refractivity contribution in [3.05, 3.63) is 0 Å². The van der Waals surface area contributed by atoms with Gasteiger partial charge in [-0.1, -0.05) is 58.8 Å². The fourth-order valence-corrected chi connectivity index (χ4v) is 2.04. The zero-order valence-electron chi connectivity index (χ0n) is 15.8. The lowest BCUT2D eigenvalue weighted by molar-refractivity contribution is -0.144. The van der Waals surface area contributed by atoms with Gasteiger partial charge >= 0.3 is 11.9 Å².